The van der Waals surface area contributed by atoms with Crippen LogP contribution in [0.4, 0.5) is 11.5 Å². The molecule has 1 heterocycles. The van der Waals surface area contributed by atoms with Gasteiger partial charge in [-0.05, 0) is 36.4 Å². The molecule has 1 amide bonds. The molecular weight excluding hydrogens is 260 g/mol. The number of hydrogen-bond donors (Lipinski definition) is 3. The Kier molecular flexibility index (Phi) is 4.38. The number of hydrogen-bond acceptors (Lipinski definition) is 5. The molecule has 0 aliphatic rings. The Morgan fingerprint density at radius 2 is 1.95 bits per heavy atom. The average Bonchev–Trinajstić information content (AvgIpc) is 2.41. The highest BCUT2D eigenvalue weighted by atomic mass is 32.2. The van der Waals surface area contributed by atoms with Crippen LogP contribution in [0.15, 0.2) is 52.4 Å². The number of carbonyl (C=O) groups excluding carboxylic acids is 1. The smallest absolute Gasteiger partial charge is 0.221 e. The van der Waals surface area contributed by atoms with Crippen molar-refractivity contribution in [2.45, 2.75) is 16.7 Å². The maximum Gasteiger partial charge on any atom is 0.221 e. The fourth-order valence-corrected chi connectivity index (χ4v) is 2.34. The quantitative estimate of drug-likeness (QED) is 0.589. The van der Waals surface area contributed by atoms with Crippen molar-refractivity contribution >= 4 is 29.2 Å². The van der Waals surface area contributed by atoms with Gasteiger partial charge < -0.3 is 10.7 Å². The van der Waals surface area contributed by atoms with Gasteiger partial charge >= 0.3 is 0 Å². The van der Waals surface area contributed by atoms with Crippen LogP contribution in [-0.2, 0) is 4.79 Å². The van der Waals surface area contributed by atoms with Crippen LogP contribution < -0.4 is 16.6 Å². The topological polar surface area (TPSA) is 80.0 Å². The average molecular weight is 274 g/mol. The number of aromatic nitrogens is 1. The number of pyridine rings is 1. The first-order valence-corrected chi connectivity index (χ1v) is 6.47. The van der Waals surface area contributed by atoms with E-state index in [0.717, 1.165) is 15.5 Å². The van der Waals surface area contributed by atoms with Crippen molar-refractivity contribution in [2.24, 2.45) is 5.84 Å². The summed E-state index contributed by atoms with van der Waals surface area (Å²) in [4.78, 5) is 17.1. The second-order valence-corrected chi connectivity index (χ2v) is 4.98. The number of nitrogens with two attached hydrogens (primary N) is 1. The Hall–Kier alpha value is -2.05. The lowest BCUT2D eigenvalue weighted by molar-refractivity contribution is -0.114. The van der Waals surface area contributed by atoms with Gasteiger partial charge in [-0.2, -0.15) is 0 Å². The van der Waals surface area contributed by atoms with Crippen LogP contribution in [0.3, 0.4) is 0 Å². The van der Waals surface area contributed by atoms with Crippen molar-refractivity contribution in [3.63, 3.8) is 0 Å². The first-order chi connectivity index (χ1) is 9.17. The number of amides is 1. The van der Waals surface area contributed by atoms with Crippen molar-refractivity contribution < 1.29 is 4.79 Å². The first kappa shape index (κ1) is 13.4. The molecule has 0 saturated heterocycles. The minimum absolute atomic E-state index is 0.0757. The Balaban J connectivity index is 2.08. The summed E-state index contributed by atoms with van der Waals surface area (Å²) in [5.74, 6) is 5.87. The van der Waals surface area contributed by atoms with E-state index in [1.165, 1.54) is 6.92 Å². The molecule has 2 aromatic rings. The molecule has 0 radical (unpaired) electrons. The van der Waals surface area contributed by atoms with Crippen LogP contribution in [0.1, 0.15) is 6.92 Å². The van der Waals surface area contributed by atoms with Crippen molar-refractivity contribution in [1.82, 2.24) is 4.98 Å². The van der Waals surface area contributed by atoms with Gasteiger partial charge in [0, 0.05) is 28.6 Å². The summed E-state index contributed by atoms with van der Waals surface area (Å²) < 4.78 is 0. The summed E-state index contributed by atoms with van der Waals surface area (Å²) in [6.07, 6.45) is 1.70. The highest BCUT2D eigenvalue weighted by Gasteiger charge is 2.00. The predicted molar refractivity (Wildman–Crippen MR) is 76.9 cm³/mol. The van der Waals surface area contributed by atoms with E-state index >= 15 is 0 Å². The Morgan fingerprint density at radius 3 is 2.58 bits per heavy atom. The second kappa shape index (κ2) is 6.21. The van der Waals surface area contributed by atoms with Gasteiger partial charge in [0.25, 0.3) is 0 Å². The molecule has 0 fully saturated rings. The summed E-state index contributed by atoms with van der Waals surface area (Å²) >= 11 is 1.60. The van der Waals surface area contributed by atoms with Crippen LogP contribution in [0.2, 0.25) is 0 Å². The highest BCUT2D eigenvalue weighted by molar-refractivity contribution is 7.99. The van der Waals surface area contributed by atoms with Crippen molar-refractivity contribution in [1.29, 1.82) is 0 Å². The molecule has 4 N–H and O–H groups in total. The molecule has 98 valence electrons. The zero-order valence-corrected chi connectivity index (χ0v) is 11.2. The van der Waals surface area contributed by atoms with Crippen LogP contribution in [0, 0.1) is 0 Å². The molecule has 5 nitrogen and oxygen atoms in total. The van der Waals surface area contributed by atoms with E-state index in [1.54, 1.807) is 18.0 Å². The summed E-state index contributed by atoms with van der Waals surface area (Å²) in [6.45, 7) is 1.49. The Morgan fingerprint density at radius 1 is 1.21 bits per heavy atom. The molecule has 0 bridgehead atoms. The number of rotatable bonds is 4. The van der Waals surface area contributed by atoms with Gasteiger partial charge in [0.05, 0.1) is 0 Å². The molecular formula is C13H14N4OS. The minimum Gasteiger partial charge on any atom is -0.326 e. The Labute approximate surface area is 115 Å². The molecule has 1 aromatic carbocycles. The third-order valence-electron chi connectivity index (χ3n) is 2.29. The summed E-state index contributed by atoms with van der Waals surface area (Å²) in [5.41, 5.74) is 3.30. The van der Waals surface area contributed by atoms with Gasteiger partial charge in [-0.3, -0.25) is 4.79 Å². The van der Waals surface area contributed by atoms with Gasteiger partial charge in [-0.1, -0.05) is 11.8 Å². The van der Waals surface area contributed by atoms with Gasteiger partial charge in [-0.15, -0.1) is 0 Å². The number of nitrogens with zero attached hydrogens (tertiary/aromatic N) is 1. The lowest BCUT2D eigenvalue weighted by Crippen LogP contribution is -2.07. The van der Waals surface area contributed by atoms with Crippen LogP contribution in [0.25, 0.3) is 0 Å². The normalized spacial score (nSPS) is 10.0. The lowest BCUT2D eigenvalue weighted by Gasteiger charge is -2.05. The van der Waals surface area contributed by atoms with Gasteiger partial charge in [0.2, 0.25) is 5.91 Å². The molecule has 0 atom stereocenters. The summed E-state index contributed by atoms with van der Waals surface area (Å²) in [6, 6.07) is 11.4. The number of anilines is 2. The maximum absolute atomic E-state index is 10.9. The van der Waals surface area contributed by atoms with E-state index in [9.17, 15) is 4.79 Å². The summed E-state index contributed by atoms with van der Waals surface area (Å²) in [7, 11) is 0. The fraction of sp³-hybridized carbons (Fsp3) is 0.0769. The van der Waals surface area contributed by atoms with E-state index in [2.05, 4.69) is 15.7 Å². The maximum atomic E-state index is 10.9. The third kappa shape index (κ3) is 3.97. The standard InChI is InChI=1S/C13H14N4OS/c1-9(18)16-10-2-4-11(5-3-10)19-12-6-7-15-13(8-12)17-14/h2-8H,14H2,1H3,(H,15,17)(H,16,18). The molecule has 0 spiro atoms. The molecule has 0 aliphatic heterocycles. The van der Waals surface area contributed by atoms with Gasteiger partial charge in [0.1, 0.15) is 5.82 Å². The van der Waals surface area contributed by atoms with Crippen molar-refractivity contribution in [3.05, 3.63) is 42.6 Å². The lowest BCUT2D eigenvalue weighted by atomic mass is 10.3. The number of nitrogen functional groups attached to an aromatic ring is 1. The highest BCUT2D eigenvalue weighted by Crippen LogP contribution is 2.29. The number of nitrogens with one attached hydrogen (secondary N) is 2. The number of benzene rings is 1. The number of carbonyl (C=O) groups is 1. The molecule has 6 heteroatoms. The second-order valence-electron chi connectivity index (χ2n) is 3.83. The number of hydrazine groups is 1. The zero-order chi connectivity index (χ0) is 13.7. The molecule has 19 heavy (non-hydrogen) atoms. The van der Waals surface area contributed by atoms with Crippen molar-refractivity contribution in [2.75, 3.05) is 10.7 Å². The SMILES string of the molecule is CC(=O)Nc1ccc(Sc2ccnc(NN)c2)cc1. The van der Waals surface area contributed by atoms with Crippen LogP contribution in [0.5, 0.6) is 0 Å². The minimum atomic E-state index is -0.0757. The van der Waals surface area contributed by atoms with E-state index in [1.807, 2.05) is 36.4 Å². The van der Waals surface area contributed by atoms with Crippen molar-refractivity contribution in [3.8, 4) is 0 Å². The van der Waals surface area contributed by atoms with Gasteiger partial charge in [0.15, 0.2) is 0 Å². The van der Waals surface area contributed by atoms with Crippen LogP contribution in [-0.4, -0.2) is 10.9 Å². The predicted octanol–water partition coefficient (Wildman–Crippen LogP) is 2.48. The fourth-order valence-electron chi connectivity index (χ4n) is 1.50. The zero-order valence-electron chi connectivity index (χ0n) is 10.4. The Bertz CT molecular complexity index is 571. The van der Waals surface area contributed by atoms with Gasteiger partial charge in [-0.25, -0.2) is 10.8 Å². The first-order valence-electron chi connectivity index (χ1n) is 5.65. The van der Waals surface area contributed by atoms with Crippen LogP contribution >= 0.6 is 11.8 Å². The van der Waals surface area contributed by atoms with E-state index in [-0.39, 0.29) is 5.91 Å². The summed E-state index contributed by atoms with van der Waals surface area (Å²) in [5, 5.41) is 2.73. The van der Waals surface area contributed by atoms with E-state index in [0.29, 0.717) is 5.82 Å². The largest absolute Gasteiger partial charge is 0.326 e. The monoisotopic (exact) mass is 274 g/mol. The van der Waals surface area contributed by atoms with E-state index < -0.39 is 0 Å². The van der Waals surface area contributed by atoms with E-state index in [4.69, 9.17) is 5.84 Å². The molecule has 0 aliphatic carbocycles. The molecule has 1 aromatic heterocycles. The molecule has 0 unspecified atom stereocenters. The third-order valence-corrected chi connectivity index (χ3v) is 3.29. The molecule has 2 rings (SSSR count). The molecule has 0 saturated carbocycles.